The van der Waals surface area contributed by atoms with Gasteiger partial charge in [0.1, 0.15) is 0 Å². The van der Waals surface area contributed by atoms with Gasteiger partial charge in [0.05, 0.1) is 5.92 Å². The molecule has 1 rings (SSSR count). The van der Waals surface area contributed by atoms with Crippen LogP contribution in [0, 0.1) is 11.3 Å². The number of benzene rings is 1. The van der Waals surface area contributed by atoms with Crippen molar-refractivity contribution in [3.05, 3.63) is 35.9 Å². The Bertz CT molecular complexity index is 442. The van der Waals surface area contributed by atoms with E-state index in [4.69, 9.17) is 5.73 Å². The van der Waals surface area contributed by atoms with Gasteiger partial charge in [-0.1, -0.05) is 64.4 Å². The molecule has 2 atom stereocenters. The van der Waals surface area contributed by atoms with Gasteiger partial charge in [-0.3, -0.25) is 4.79 Å². The normalized spacial score (nSPS) is 14.6. The van der Waals surface area contributed by atoms with Crippen molar-refractivity contribution in [3.63, 3.8) is 0 Å². The molecule has 0 radical (unpaired) electrons. The lowest BCUT2D eigenvalue weighted by Gasteiger charge is -2.33. The maximum absolute atomic E-state index is 12.9. The second-order valence-corrected chi connectivity index (χ2v) is 6.84. The lowest BCUT2D eigenvalue weighted by atomic mass is 9.84. The average molecular weight is 290 g/mol. The Morgan fingerprint density at radius 2 is 1.86 bits per heavy atom. The Morgan fingerprint density at radius 1 is 1.29 bits per heavy atom. The highest BCUT2D eigenvalue weighted by Gasteiger charge is 2.30. The molecule has 3 heteroatoms. The van der Waals surface area contributed by atoms with Crippen LogP contribution >= 0.6 is 0 Å². The quantitative estimate of drug-likeness (QED) is 0.838. The zero-order valence-electron chi connectivity index (χ0n) is 14.1. The van der Waals surface area contributed by atoms with E-state index in [9.17, 15) is 4.79 Å². The minimum atomic E-state index is -0.0743. The molecule has 0 aliphatic rings. The van der Waals surface area contributed by atoms with Crippen molar-refractivity contribution in [2.75, 3.05) is 20.1 Å². The molecule has 0 heterocycles. The van der Waals surface area contributed by atoms with Gasteiger partial charge < -0.3 is 10.6 Å². The summed E-state index contributed by atoms with van der Waals surface area (Å²) in [5.41, 5.74) is 6.84. The van der Waals surface area contributed by atoms with Crippen molar-refractivity contribution in [1.29, 1.82) is 0 Å². The summed E-state index contributed by atoms with van der Waals surface area (Å²) < 4.78 is 0. The first-order chi connectivity index (χ1) is 9.82. The first kappa shape index (κ1) is 17.7. The minimum absolute atomic E-state index is 0.0545. The van der Waals surface area contributed by atoms with Gasteiger partial charge in [-0.25, -0.2) is 0 Å². The Hall–Kier alpha value is -1.35. The van der Waals surface area contributed by atoms with E-state index in [0.29, 0.717) is 19.0 Å². The van der Waals surface area contributed by atoms with E-state index in [0.717, 1.165) is 12.0 Å². The first-order valence-corrected chi connectivity index (χ1v) is 7.82. The molecule has 0 saturated heterocycles. The van der Waals surface area contributed by atoms with Crippen LogP contribution in [0.4, 0.5) is 0 Å². The van der Waals surface area contributed by atoms with Crippen molar-refractivity contribution in [1.82, 2.24) is 4.90 Å². The maximum atomic E-state index is 12.9. The van der Waals surface area contributed by atoms with E-state index in [-0.39, 0.29) is 17.2 Å². The van der Waals surface area contributed by atoms with E-state index in [1.165, 1.54) is 0 Å². The molecule has 1 aromatic rings. The van der Waals surface area contributed by atoms with Crippen molar-refractivity contribution in [2.45, 2.75) is 40.0 Å². The molecule has 1 aromatic carbocycles. The molecule has 21 heavy (non-hydrogen) atoms. The Balaban J connectivity index is 2.96. The second kappa shape index (κ2) is 7.60. The lowest BCUT2D eigenvalue weighted by Crippen LogP contribution is -2.42. The number of nitrogens with two attached hydrogens (primary N) is 1. The molecule has 2 unspecified atom stereocenters. The average Bonchev–Trinajstić information content (AvgIpc) is 2.47. The van der Waals surface area contributed by atoms with Gasteiger partial charge in [-0.15, -0.1) is 0 Å². The van der Waals surface area contributed by atoms with Crippen LogP contribution in [-0.4, -0.2) is 30.9 Å². The van der Waals surface area contributed by atoms with Crippen LogP contribution in [0.15, 0.2) is 30.3 Å². The SMILES string of the molecule is CCC(C)C(C(=O)N(C)CC(C)(C)CN)c1ccccc1. The third-order valence-corrected chi connectivity index (χ3v) is 4.23. The monoisotopic (exact) mass is 290 g/mol. The predicted octanol–water partition coefficient (Wildman–Crippen LogP) is 3.26. The topological polar surface area (TPSA) is 46.3 Å². The summed E-state index contributed by atoms with van der Waals surface area (Å²) in [4.78, 5) is 14.8. The highest BCUT2D eigenvalue weighted by atomic mass is 16.2. The van der Waals surface area contributed by atoms with Crippen LogP contribution < -0.4 is 5.73 Å². The Labute approximate surface area is 129 Å². The minimum Gasteiger partial charge on any atom is -0.345 e. The molecule has 0 spiro atoms. The van der Waals surface area contributed by atoms with Gasteiger partial charge in [-0.2, -0.15) is 0 Å². The van der Waals surface area contributed by atoms with Gasteiger partial charge in [0.2, 0.25) is 5.91 Å². The molecule has 0 bridgehead atoms. The zero-order chi connectivity index (χ0) is 16.0. The third kappa shape index (κ3) is 4.85. The fraction of sp³-hybridized carbons (Fsp3) is 0.611. The van der Waals surface area contributed by atoms with Gasteiger partial charge >= 0.3 is 0 Å². The largest absolute Gasteiger partial charge is 0.345 e. The summed E-state index contributed by atoms with van der Waals surface area (Å²) >= 11 is 0. The zero-order valence-corrected chi connectivity index (χ0v) is 14.1. The molecule has 2 N–H and O–H groups in total. The molecule has 0 aliphatic carbocycles. The molecule has 118 valence electrons. The molecular weight excluding hydrogens is 260 g/mol. The van der Waals surface area contributed by atoms with Crippen LogP contribution in [0.3, 0.4) is 0 Å². The smallest absolute Gasteiger partial charge is 0.230 e. The molecular formula is C18H30N2O. The number of likely N-dealkylation sites (N-methyl/N-ethyl adjacent to an activating group) is 1. The van der Waals surface area contributed by atoms with Gasteiger partial charge in [0.25, 0.3) is 0 Å². The number of carbonyl (C=O) groups is 1. The Morgan fingerprint density at radius 3 is 2.33 bits per heavy atom. The number of amides is 1. The van der Waals surface area contributed by atoms with E-state index in [1.54, 1.807) is 0 Å². The summed E-state index contributed by atoms with van der Waals surface area (Å²) in [6.45, 7) is 9.73. The summed E-state index contributed by atoms with van der Waals surface area (Å²) in [5.74, 6) is 0.440. The highest BCUT2D eigenvalue weighted by molar-refractivity contribution is 5.84. The van der Waals surface area contributed by atoms with E-state index >= 15 is 0 Å². The maximum Gasteiger partial charge on any atom is 0.230 e. The van der Waals surface area contributed by atoms with Crippen molar-refractivity contribution < 1.29 is 4.79 Å². The summed E-state index contributed by atoms with van der Waals surface area (Å²) in [7, 11) is 1.89. The number of carbonyl (C=O) groups excluding carboxylic acids is 1. The van der Waals surface area contributed by atoms with Crippen LogP contribution in [0.25, 0.3) is 0 Å². The Kier molecular flexibility index (Phi) is 6.41. The van der Waals surface area contributed by atoms with Crippen molar-refractivity contribution in [2.24, 2.45) is 17.1 Å². The molecule has 0 aliphatic heterocycles. The lowest BCUT2D eigenvalue weighted by molar-refractivity contribution is -0.133. The van der Waals surface area contributed by atoms with Gasteiger partial charge in [0.15, 0.2) is 0 Å². The van der Waals surface area contributed by atoms with E-state index in [1.807, 2.05) is 30.1 Å². The number of nitrogens with zero attached hydrogens (tertiary/aromatic N) is 1. The van der Waals surface area contributed by atoms with Crippen LogP contribution in [0.5, 0.6) is 0 Å². The molecule has 0 saturated carbocycles. The highest BCUT2D eigenvalue weighted by Crippen LogP contribution is 2.29. The van der Waals surface area contributed by atoms with Gasteiger partial charge in [-0.05, 0) is 23.4 Å². The number of hydrogen-bond acceptors (Lipinski definition) is 2. The summed E-state index contributed by atoms with van der Waals surface area (Å²) in [6, 6.07) is 10.1. The fourth-order valence-electron chi connectivity index (χ4n) is 2.63. The summed E-state index contributed by atoms with van der Waals surface area (Å²) in [5, 5.41) is 0. The second-order valence-electron chi connectivity index (χ2n) is 6.84. The van der Waals surface area contributed by atoms with Crippen LogP contribution in [0.2, 0.25) is 0 Å². The van der Waals surface area contributed by atoms with E-state index in [2.05, 4.69) is 39.8 Å². The van der Waals surface area contributed by atoms with Crippen molar-refractivity contribution >= 4 is 5.91 Å². The molecule has 1 amide bonds. The fourth-order valence-corrected chi connectivity index (χ4v) is 2.63. The number of rotatable bonds is 7. The van der Waals surface area contributed by atoms with Gasteiger partial charge in [0, 0.05) is 13.6 Å². The van der Waals surface area contributed by atoms with Crippen LogP contribution in [-0.2, 0) is 4.79 Å². The first-order valence-electron chi connectivity index (χ1n) is 7.82. The third-order valence-electron chi connectivity index (χ3n) is 4.23. The molecule has 3 nitrogen and oxygen atoms in total. The molecule has 0 aromatic heterocycles. The van der Waals surface area contributed by atoms with Crippen molar-refractivity contribution in [3.8, 4) is 0 Å². The summed E-state index contributed by atoms with van der Waals surface area (Å²) in [6.07, 6.45) is 0.986. The predicted molar refractivity (Wildman–Crippen MR) is 89.1 cm³/mol. The van der Waals surface area contributed by atoms with E-state index < -0.39 is 0 Å². The van der Waals surface area contributed by atoms with Crippen LogP contribution in [0.1, 0.15) is 45.6 Å². The molecule has 0 fully saturated rings. The standard InChI is InChI=1S/C18H30N2O/c1-6-14(2)16(15-10-8-7-9-11-15)17(21)20(5)13-18(3,4)12-19/h7-11,14,16H,6,12-13,19H2,1-5H3. The number of hydrogen-bond donors (Lipinski definition) is 1.